The summed E-state index contributed by atoms with van der Waals surface area (Å²) >= 11 is 5.93. The van der Waals surface area contributed by atoms with Crippen LogP contribution in [0.3, 0.4) is 0 Å². The van der Waals surface area contributed by atoms with Crippen molar-refractivity contribution in [2.45, 2.75) is 18.1 Å². The fourth-order valence-electron chi connectivity index (χ4n) is 4.18. The number of fused-ring (bicyclic) bond motifs is 1. The van der Waals surface area contributed by atoms with Gasteiger partial charge < -0.3 is 14.5 Å². The highest BCUT2D eigenvalue weighted by atomic mass is 35.5. The fraction of sp³-hybridized carbons (Fsp3) is 0.333. The minimum absolute atomic E-state index is 0.0346. The summed E-state index contributed by atoms with van der Waals surface area (Å²) in [5, 5.41) is 0.601. The van der Waals surface area contributed by atoms with Crippen molar-refractivity contribution >= 4 is 23.4 Å². The molecule has 0 bridgehead atoms. The van der Waals surface area contributed by atoms with Crippen molar-refractivity contribution in [2.24, 2.45) is 0 Å². The average Bonchev–Trinajstić information content (AvgIpc) is 2.71. The third-order valence-electron chi connectivity index (χ3n) is 5.71. The molecular formula is C21H21ClN2O3. The molecule has 2 saturated heterocycles. The molecule has 2 aliphatic rings. The molecule has 0 spiro atoms. The first-order valence-corrected chi connectivity index (χ1v) is 9.39. The quantitative estimate of drug-likeness (QED) is 0.799. The van der Waals surface area contributed by atoms with Crippen molar-refractivity contribution in [1.82, 2.24) is 9.80 Å². The summed E-state index contributed by atoms with van der Waals surface area (Å²) < 4.78 is 5.95. The number of carbonyl (C=O) groups excluding carboxylic acids is 2. The number of morpholine rings is 1. The lowest BCUT2D eigenvalue weighted by Gasteiger charge is -2.54. The van der Waals surface area contributed by atoms with Gasteiger partial charge in [0, 0.05) is 30.7 Å². The Labute approximate surface area is 163 Å². The third kappa shape index (κ3) is 3.01. The Morgan fingerprint density at radius 2 is 1.85 bits per heavy atom. The van der Waals surface area contributed by atoms with Gasteiger partial charge in [-0.3, -0.25) is 9.59 Å². The van der Waals surface area contributed by atoms with Gasteiger partial charge in [-0.2, -0.15) is 0 Å². The SMILES string of the molecule is CN1C(=O)CO[C@@H]2CN(C(=O)c3ccc(Cl)cc3)CC[C@]21c1ccccc1. The molecule has 2 atom stereocenters. The number of likely N-dealkylation sites (N-methyl/N-ethyl adjacent to an activating group) is 1. The minimum Gasteiger partial charge on any atom is -0.364 e. The average molecular weight is 385 g/mol. The Morgan fingerprint density at radius 1 is 1.15 bits per heavy atom. The van der Waals surface area contributed by atoms with Crippen LogP contribution in [0.25, 0.3) is 0 Å². The molecule has 2 fully saturated rings. The van der Waals surface area contributed by atoms with Gasteiger partial charge in [0.25, 0.3) is 5.91 Å². The molecule has 0 N–H and O–H groups in total. The predicted octanol–water partition coefficient (Wildman–Crippen LogP) is 2.94. The highest BCUT2D eigenvalue weighted by Crippen LogP contribution is 2.42. The second-order valence-electron chi connectivity index (χ2n) is 7.05. The molecule has 0 radical (unpaired) electrons. The van der Waals surface area contributed by atoms with Gasteiger partial charge >= 0.3 is 0 Å². The Balaban J connectivity index is 1.64. The summed E-state index contributed by atoms with van der Waals surface area (Å²) in [6, 6.07) is 16.9. The molecule has 0 aromatic heterocycles. The summed E-state index contributed by atoms with van der Waals surface area (Å²) in [5.41, 5.74) is 1.10. The largest absolute Gasteiger partial charge is 0.364 e. The lowest BCUT2D eigenvalue weighted by molar-refractivity contribution is -0.180. The molecule has 2 aromatic carbocycles. The van der Waals surface area contributed by atoms with Gasteiger partial charge in [-0.05, 0) is 36.2 Å². The van der Waals surface area contributed by atoms with Crippen molar-refractivity contribution in [3.63, 3.8) is 0 Å². The maximum atomic E-state index is 12.9. The van der Waals surface area contributed by atoms with Crippen molar-refractivity contribution in [3.8, 4) is 0 Å². The number of hydrogen-bond acceptors (Lipinski definition) is 3. The topological polar surface area (TPSA) is 49.9 Å². The lowest BCUT2D eigenvalue weighted by atomic mass is 9.76. The van der Waals surface area contributed by atoms with E-state index < -0.39 is 5.54 Å². The number of ether oxygens (including phenoxy) is 1. The molecule has 0 unspecified atom stereocenters. The lowest BCUT2D eigenvalue weighted by Crippen LogP contribution is -2.67. The standard InChI is InChI=1S/C21H21ClN2O3/c1-23-19(25)14-27-18-13-24(20(26)15-7-9-17(22)10-8-15)12-11-21(18,23)16-5-3-2-4-6-16/h2-10,18H,11-14H2,1H3/t18-,21+/m1/s1. The number of halogens is 1. The van der Waals surface area contributed by atoms with E-state index >= 15 is 0 Å². The zero-order valence-electron chi connectivity index (χ0n) is 15.1. The van der Waals surface area contributed by atoms with E-state index in [1.165, 1.54) is 0 Å². The van der Waals surface area contributed by atoms with Crippen LogP contribution in [0.4, 0.5) is 0 Å². The smallest absolute Gasteiger partial charge is 0.253 e. The minimum atomic E-state index is -0.548. The first kappa shape index (κ1) is 18.0. The summed E-state index contributed by atoms with van der Waals surface area (Å²) in [5.74, 6) is -0.0796. The molecular weight excluding hydrogens is 364 g/mol. The molecule has 2 heterocycles. The van der Waals surface area contributed by atoms with Gasteiger partial charge in [-0.25, -0.2) is 0 Å². The Bertz CT molecular complexity index is 855. The first-order valence-electron chi connectivity index (χ1n) is 9.01. The van der Waals surface area contributed by atoms with Crippen LogP contribution >= 0.6 is 11.6 Å². The van der Waals surface area contributed by atoms with Gasteiger partial charge in [0.1, 0.15) is 12.7 Å². The third-order valence-corrected chi connectivity index (χ3v) is 5.97. The van der Waals surface area contributed by atoms with Crippen LogP contribution in [0.2, 0.25) is 5.02 Å². The van der Waals surface area contributed by atoms with Crippen molar-refractivity contribution in [2.75, 3.05) is 26.7 Å². The number of benzene rings is 2. The van der Waals surface area contributed by atoms with Gasteiger partial charge in [0.05, 0.1) is 5.54 Å². The number of nitrogens with zero attached hydrogens (tertiary/aromatic N) is 2. The highest BCUT2D eigenvalue weighted by molar-refractivity contribution is 6.30. The second kappa shape index (κ2) is 6.98. The van der Waals surface area contributed by atoms with E-state index in [1.807, 2.05) is 37.4 Å². The fourth-order valence-corrected chi connectivity index (χ4v) is 4.31. The van der Waals surface area contributed by atoms with Crippen LogP contribution in [-0.4, -0.2) is 54.5 Å². The van der Waals surface area contributed by atoms with E-state index in [0.29, 0.717) is 30.1 Å². The Hall–Kier alpha value is -2.37. The van der Waals surface area contributed by atoms with E-state index in [-0.39, 0.29) is 24.5 Å². The van der Waals surface area contributed by atoms with E-state index in [0.717, 1.165) is 5.56 Å². The molecule has 140 valence electrons. The zero-order chi connectivity index (χ0) is 19.0. The van der Waals surface area contributed by atoms with Crippen LogP contribution in [0.15, 0.2) is 54.6 Å². The summed E-state index contributed by atoms with van der Waals surface area (Å²) in [7, 11) is 1.83. The van der Waals surface area contributed by atoms with Crippen LogP contribution in [0.1, 0.15) is 22.3 Å². The van der Waals surface area contributed by atoms with Gasteiger partial charge in [-0.1, -0.05) is 41.9 Å². The number of amides is 2. The van der Waals surface area contributed by atoms with Crippen molar-refractivity contribution < 1.29 is 14.3 Å². The van der Waals surface area contributed by atoms with Crippen LogP contribution in [0.5, 0.6) is 0 Å². The van der Waals surface area contributed by atoms with Crippen LogP contribution in [-0.2, 0) is 15.1 Å². The number of carbonyl (C=O) groups is 2. The number of likely N-dealkylation sites (tertiary alicyclic amines) is 1. The molecule has 2 aromatic rings. The number of rotatable bonds is 2. The number of piperidine rings is 1. The molecule has 2 amide bonds. The number of hydrogen-bond donors (Lipinski definition) is 0. The molecule has 2 aliphatic heterocycles. The predicted molar refractivity (Wildman–Crippen MR) is 103 cm³/mol. The summed E-state index contributed by atoms with van der Waals surface area (Å²) in [4.78, 5) is 28.9. The molecule has 4 rings (SSSR count). The van der Waals surface area contributed by atoms with Gasteiger partial charge in [-0.15, -0.1) is 0 Å². The van der Waals surface area contributed by atoms with Crippen molar-refractivity contribution in [1.29, 1.82) is 0 Å². The maximum Gasteiger partial charge on any atom is 0.253 e. The van der Waals surface area contributed by atoms with Gasteiger partial charge in [0.2, 0.25) is 5.91 Å². The van der Waals surface area contributed by atoms with E-state index in [2.05, 4.69) is 0 Å². The first-order chi connectivity index (χ1) is 13.0. The summed E-state index contributed by atoms with van der Waals surface area (Å²) in [6.07, 6.45) is 0.357. The second-order valence-corrected chi connectivity index (χ2v) is 7.49. The van der Waals surface area contributed by atoms with Crippen LogP contribution < -0.4 is 0 Å². The highest BCUT2D eigenvalue weighted by Gasteiger charge is 2.53. The molecule has 0 saturated carbocycles. The Morgan fingerprint density at radius 3 is 2.56 bits per heavy atom. The van der Waals surface area contributed by atoms with E-state index in [4.69, 9.17) is 16.3 Å². The van der Waals surface area contributed by atoms with Crippen LogP contribution in [0, 0.1) is 0 Å². The zero-order valence-corrected chi connectivity index (χ0v) is 15.9. The Kier molecular flexibility index (Phi) is 4.66. The molecule has 5 nitrogen and oxygen atoms in total. The molecule has 0 aliphatic carbocycles. The molecule has 27 heavy (non-hydrogen) atoms. The van der Waals surface area contributed by atoms with E-state index in [1.54, 1.807) is 34.1 Å². The molecule has 6 heteroatoms. The monoisotopic (exact) mass is 384 g/mol. The van der Waals surface area contributed by atoms with E-state index in [9.17, 15) is 9.59 Å². The van der Waals surface area contributed by atoms with Crippen molar-refractivity contribution in [3.05, 3.63) is 70.7 Å². The normalized spacial score (nSPS) is 25.3. The summed E-state index contributed by atoms with van der Waals surface area (Å²) in [6.45, 7) is 1.03. The van der Waals surface area contributed by atoms with Gasteiger partial charge in [0.15, 0.2) is 0 Å². The maximum absolute atomic E-state index is 12.9.